The minimum atomic E-state index is -3.69. The number of aromatic nitrogens is 2. The molecule has 0 saturated heterocycles. The third-order valence-electron chi connectivity index (χ3n) is 3.24. The summed E-state index contributed by atoms with van der Waals surface area (Å²) in [6.07, 6.45) is 6.94. The number of hydrogen-bond acceptors (Lipinski definition) is 4. The Morgan fingerprint density at radius 1 is 1.39 bits per heavy atom. The van der Waals surface area contributed by atoms with Crippen molar-refractivity contribution < 1.29 is 8.42 Å². The summed E-state index contributed by atoms with van der Waals surface area (Å²) in [6.45, 7) is 2.53. The fourth-order valence-corrected chi connectivity index (χ4v) is 3.56. The van der Waals surface area contributed by atoms with Crippen LogP contribution < -0.4 is 0 Å². The van der Waals surface area contributed by atoms with Gasteiger partial charge in [0.25, 0.3) is 0 Å². The lowest BCUT2D eigenvalue weighted by atomic mass is 10.2. The molecule has 0 aliphatic heterocycles. The highest BCUT2D eigenvalue weighted by molar-refractivity contribution is 7.89. The maximum absolute atomic E-state index is 12.7. The number of nitrogens with zero attached hydrogens (tertiary/aromatic N) is 4. The summed E-state index contributed by atoms with van der Waals surface area (Å²) in [5.74, 6) is 2.47. The van der Waals surface area contributed by atoms with Gasteiger partial charge < -0.3 is 0 Å². The number of hydrogen-bond donors (Lipinski definition) is 0. The molecular formula is C16H16N4O2S. The highest BCUT2D eigenvalue weighted by atomic mass is 32.2. The molecule has 0 amide bonds. The monoisotopic (exact) mass is 328 g/mol. The minimum Gasteiger partial charge on any atom is -0.260 e. The van der Waals surface area contributed by atoms with Crippen molar-refractivity contribution in [2.75, 3.05) is 6.54 Å². The summed E-state index contributed by atoms with van der Waals surface area (Å²) in [5, 5.41) is 13.2. The number of nitriles is 1. The van der Waals surface area contributed by atoms with Crippen molar-refractivity contribution in [3.05, 3.63) is 47.8 Å². The Bertz CT molecular complexity index is 872. The van der Waals surface area contributed by atoms with E-state index in [2.05, 4.69) is 11.0 Å². The van der Waals surface area contributed by atoms with Crippen LogP contribution in [-0.2, 0) is 23.1 Å². The van der Waals surface area contributed by atoms with E-state index in [4.69, 9.17) is 11.7 Å². The maximum atomic E-state index is 12.7. The Hall–Kier alpha value is -2.61. The van der Waals surface area contributed by atoms with E-state index in [1.165, 1.54) is 16.4 Å². The zero-order valence-corrected chi connectivity index (χ0v) is 13.5. The molecule has 0 spiro atoms. The van der Waals surface area contributed by atoms with E-state index >= 15 is 0 Å². The van der Waals surface area contributed by atoms with Gasteiger partial charge in [-0.1, -0.05) is 18.9 Å². The predicted molar refractivity (Wildman–Crippen MR) is 85.5 cm³/mol. The summed E-state index contributed by atoms with van der Waals surface area (Å²) in [5.41, 5.74) is 0.919. The first-order valence-electron chi connectivity index (χ1n) is 6.97. The van der Waals surface area contributed by atoms with Crippen molar-refractivity contribution in [3.8, 4) is 18.4 Å². The largest absolute Gasteiger partial charge is 0.260 e. The van der Waals surface area contributed by atoms with E-state index in [1.54, 1.807) is 36.0 Å². The molecule has 1 heterocycles. The molecule has 0 aliphatic carbocycles. The molecular weight excluding hydrogens is 312 g/mol. The Labute approximate surface area is 136 Å². The predicted octanol–water partition coefficient (Wildman–Crippen LogP) is 1.60. The van der Waals surface area contributed by atoms with E-state index in [9.17, 15) is 8.42 Å². The van der Waals surface area contributed by atoms with Gasteiger partial charge in [0.1, 0.15) is 6.54 Å². The molecule has 0 saturated carbocycles. The molecule has 7 heteroatoms. The van der Waals surface area contributed by atoms with Gasteiger partial charge in [0, 0.05) is 12.7 Å². The molecule has 0 radical (unpaired) electrons. The molecule has 2 rings (SSSR count). The lowest BCUT2D eigenvalue weighted by Crippen LogP contribution is -2.30. The van der Waals surface area contributed by atoms with Gasteiger partial charge in [-0.3, -0.25) is 4.68 Å². The average Bonchev–Trinajstić information content (AvgIpc) is 3.00. The third kappa shape index (κ3) is 3.78. The molecule has 23 heavy (non-hydrogen) atoms. The van der Waals surface area contributed by atoms with Crippen LogP contribution in [0.15, 0.2) is 41.4 Å². The first kappa shape index (κ1) is 16.8. The summed E-state index contributed by atoms with van der Waals surface area (Å²) < 4.78 is 28.3. The second-order valence-electron chi connectivity index (χ2n) is 4.78. The zero-order chi connectivity index (χ0) is 16.9. The van der Waals surface area contributed by atoms with Gasteiger partial charge in [0.15, 0.2) is 0 Å². The number of rotatable bonds is 6. The Morgan fingerprint density at radius 3 is 2.83 bits per heavy atom. The van der Waals surface area contributed by atoms with E-state index in [-0.39, 0.29) is 11.4 Å². The molecule has 0 aliphatic rings. The van der Waals surface area contributed by atoms with Crippen LogP contribution in [0.5, 0.6) is 0 Å². The van der Waals surface area contributed by atoms with Crippen LogP contribution in [0.4, 0.5) is 0 Å². The van der Waals surface area contributed by atoms with Crippen LogP contribution in [0, 0.1) is 23.7 Å². The van der Waals surface area contributed by atoms with E-state index in [1.807, 2.05) is 6.07 Å². The standard InChI is InChI=1S/C16H16N4O2S/c1-3-9-19-10-8-15(18-19)13-20(4-2)23(21,22)16-7-5-6-14(11-16)12-17/h1,5-8,10-11H,4,9,13H2,2H3. The first-order chi connectivity index (χ1) is 11.0. The van der Waals surface area contributed by atoms with Crippen LogP contribution in [0.1, 0.15) is 18.2 Å². The second kappa shape index (κ2) is 7.10. The lowest BCUT2D eigenvalue weighted by molar-refractivity contribution is 0.417. The van der Waals surface area contributed by atoms with Crippen molar-refractivity contribution in [1.82, 2.24) is 14.1 Å². The smallest absolute Gasteiger partial charge is 0.243 e. The molecule has 2 aromatic rings. The SMILES string of the molecule is C#CCn1ccc(CN(CC)S(=O)(=O)c2cccc(C#N)c2)n1. The highest BCUT2D eigenvalue weighted by Gasteiger charge is 2.24. The molecule has 0 fully saturated rings. The lowest BCUT2D eigenvalue weighted by Gasteiger charge is -2.19. The molecule has 0 bridgehead atoms. The quantitative estimate of drug-likeness (QED) is 0.755. The molecule has 1 aromatic carbocycles. The summed E-state index contributed by atoms with van der Waals surface area (Å²) in [4.78, 5) is 0.0986. The van der Waals surface area contributed by atoms with Gasteiger partial charge in [0.2, 0.25) is 10.0 Å². The van der Waals surface area contributed by atoms with Crippen molar-refractivity contribution in [2.24, 2.45) is 0 Å². The van der Waals surface area contributed by atoms with Crippen molar-refractivity contribution in [3.63, 3.8) is 0 Å². The van der Waals surface area contributed by atoms with Crippen molar-refractivity contribution in [1.29, 1.82) is 5.26 Å². The van der Waals surface area contributed by atoms with Gasteiger partial charge in [-0.2, -0.15) is 14.7 Å². The van der Waals surface area contributed by atoms with Gasteiger partial charge in [-0.15, -0.1) is 6.42 Å². The van der Waals surface area contributed by atoms with Gasteiger partial charge in [0.05, 0.1) is 28.8 Å². The normalized spacial score (nSPS) is 11.1. The van der Waals surface area contributed by atoms with Crippen LogP contribution >= 0.6 is 0 Å². The maximum Gasteiger partial charge on any atom is 0.243 e. The fraction of sp³-hybridized carbons (Fsp3) is 0.250. The van der Waals surface area contributed by atoms with Gasteiger partial charge >= 0.3 is 0 Å². The van der Waals surface area contributed by atoms with Crippen LogP contribution in [0.25, 0.3) is 0 Å². The van der Waals surface area contributed by atoms with Crippen molar-refractivity contribution >= 4 is 10.0 Å². The van der Waals surface area contributed by atoms with Gasteiger partial charge in [-0.05, 0) is 24.3 Å². The Morgan fingerprint density at radius 2 is 2.17 bits per heavy atom. The summed E-state index contributed by atoms with van der Waals surface area (Å²) >= 11 is 0. The Kier molecular flexibility index (Phi) is 5.17. The van der Waals surface area contributed by atoms with E-state index in [0.717, 1.165) is 0 Å². The molecule has 1 aromatic heterocycles. The van der Waals surface area contributed by atoms with Crippen LogP contribution in [0.3, 0.4) is 0 Å². The number of sulfonamides is 1. The summed E-state index contributed by atoms with van der Waals surface area (Å²) in [7, 11) is -3.69. The van der Waals surface area contributed by atoms with Crippen molar-refractivity contribution in [2.45, 2.75) is 24.9 Å². The topological polar surface area (TPSA) is 79.0 Å². The molecule has 6 nitrogen and oxygen atoms in total. The molecule has 0 unspecified atom stereocenters. The first-order valence-corrected chi connectivity index (χ1v) is 8.41. The van der Waals surface area contributed by atoms with Gasteiger partial charge in [-0.25, -0.2) is 8.42 Å². The van der Waals surface area contributed by atoms with Crippen LogP contribution in [-0.4, -0.2) is 29.0 Å². The molecule has 118 valence electrons. The zero-order valence-electron chi connectivity index (χ0n) is 12.7. The van der Waals surface area contributed by atoms with Crippen LogP contribution in [0.2, 0.25) is 0 Å². The highest BCUT2D eigenvalue weighted by Crippen LogP contribution is 2.18. The number of terminal acetylenes is 1. The summed E-state index contributed by atoms with van der Waals surface area (Å²) in [6, 6.07) is 9.66. The van der Waals surface area contributed by atoms with E-state index in [0.29, 0.717) is 24.3 Å². The second-order valence-corrected chi connectivity index (χ2v) is 6.72. The minimum absolute atomic E-state index is 0.0986. The number of benzene rings is 1. The average molecular weight is 328 g/mol. The Balaban J connectivity index is 2.27. The molecule has 0 atom stereocenters. The molecule has 0 N–H and O–H groups in total. The third-order valence-corrected chi connectivity index (χ3v) is 5.16. The fourth-order valence-electron chi connectivity index (χ4n) is 2.09. The van der Waals surface area contributed by atoms with E-state index < -0.39 is 10.0 Å².